The van der Waals surface area contributed by atoms with Gasteiger partial charge in [-0.3, -0.25) is 14.2 Å². The molecule has 3 aromatic carbocycles. The van der Waals surface area contributed by atoms with Crippen molar-refractivity contribution in [2.45, 2.75) is 19.0 Å². The summed E-state index contributed by atoms with van der Waals surface area (Å²) in [4.78, 5) is 24.1. The molecule has 0 fully saturated rings. The van der Waals surface area contributed by atoms with Gasteiger partial charge in [0, 0.05) is 22.3 Å². The van der Waals surface area contributed by atoms with Crippen molar-refractivity contribution in [1.82, 2.24) is 14.8 Å². The van der Waals surface area contributed by atoms with E-state index in [-0.39, 0.29) is 17.4 Å². The van der Waals surface area contributed by atoms with Crippen LogP contribution in [-0.4, -0.2) is 32.2 Å². The van der Waals surface area contributed by atoms with Crippen LogP contribution in [0.5, 0.6) is 0 Å². The number of anilines is 1. The minimum atomic E-state index is -0.186. The number of nitrogens with zero attached hydrogens (tertiary/aromatic N) is 3. The van der Waals surface area contributed by atoms with Gasteiger partial charge in [-0.15, -0.1) is 10.2 Å². The number of Topliss-reactive ketones (excluding diaryl/α,β-unsaturated/α-hetero) is 1. The number of aryl methyl sites for hydroxylation is 1. The summed E-state index contributed by atoms with van der Waals surface area (Å²) in [6.07, 6.45) is 0. The van der Waals surface area contributed by atoms with E-state index >= 15 is 0 Å². The summed E-state index contributed by atoms with van der Waals surface area (Å²) in [7, 11) is 0. The smallest absolute Gasteiger partial charge is 0.234 e. The van der Waals surface area contributed by atoms with Gasteiger partial charge in [0.25, 0.3) is 0 Å². The summed E-state index contributed by atoms with van der Waals surface area (Å²) in [6.45, 7) is 3.53. The van der Waals surface area contributed by atoms with E-state index in [0.717, 1.165) is 22.2 Å². The summed E-state index contributed by atoms with van der Waals surface area (Å²) in [5.41, 5.74) is 4.01. The van der Waals surface area contributed by atoms with E-state index in [0.29, 0.717) is 28.0 Å². The first-order chi connectivity index (χ1) is 17.0. The Morgan fingerprint density at radius 3 is 2.43 bits per heavy atom. The fraction of sp³-hybridized carbons (Fsp3) is 0.111. The standard InChI is InChI=1S/C27H22N4O3S/c1-17-7-13-22(14-8-17)31-26(24-15-20-5-3-4-6-23(20)34-24)29-30-27(31)35-16-25(33)28-21-11-9-19(10-12-21)18(2)32/h3-15H,16H2,1-2H3,(H,28,33). The lowest BCUT2D eigenvalue weighted by atomic mass is 10.1. The zero-order valence-corrected chi connectivity index (χ0v) is 20.0. The Labute approximate surface area is 206 Å². The van der Waals surface area contributed by atoms with E-state index < -0.39 is 0 Å². The van der Waals surface area contributed by atoms with Crippen LogP contribution in [0.25, 0.3) is 28.2 Å². The number of carbonyl (C=O) groups excluding carboxylic acids is 2. The highest BCUT2D eigenvalue weighted by atomic mass is 32.2. The Morgan fingerprint density at radius 2 is 1.71 bits per heavy atom. The summed E-state index contributed by atoms with van der Waals surface area (Å²) < 4.78 is 7.95. The molecule has 0 spiro atoms. The van der Waals surface area contributed by atoms with Crippen molar-refractivity contribution in [3.05, 3.63) is 90.0 Å². The molecule has 1 amide bonds. The van der Waals surface area contributed by atoms with Gasteiger partial charge in [0.1, 0.15) is 5.58 Å². The molecule has 0 unspecified atom stereocenters. The van der Waals surface area contributed by atoms with Crippen LogP contribution in [0.15, 0.2) is 88.4 Å². The quantitative estimate of drug-likeness (QED) is 0.229. The van der Waals surface area contributed by atoms with Crippen LogP contribution in [0.4, 0.5) is 5.69 Å². The molecule has 0 radical (unpaired) electrons. The second-order valence-corrected chi connectivity index (χ2v) is 9.04. The zero-order valence-electron chi connectivity index (χ0n) is 19.2. The van der Waals surface area contributed by atoms with Gasteiger partial charge in [0.15, 0.2) is 16.7 Å². The molecule has 35 heavy (non-hydrogen) atoms. The number of benzene rings is 3. The number of carbonyl (C=O) groups is 2. The molecule has 8 heteroatoms. The average molecular weight is 483 g/mol. The number of furan rings is 1. The van der Waals surface area contributed by atoms with E-state index in [1.165, 1.54) is 18.7 Å². The maximum Gasteiger partial charge on any atom is 0.234 e. The number of amides is 1. The first-order valence-electron chi connectivity index (χ1n) is 11.0. The third-order valence-electron chi connectivity index (χ3n) is 5.48. The largest absolute Gasteiger partial charge is 0.453 e. The Balaban J connectivity index is 1.41. The molecule has 0 aliphatic carbocycles. The van der Waals surface area contributed by atoms with Gasteiger partial charge in [0.2, 0.25) is 11.7 Å². The van der Waals surface area contributed by atoms with E-state index in [4.69, 9.17) is 4.42 Å². The summed E-state index contributed by atoms with van der Waals surface area (Å²) in [5, 5.41) is 13.2. The molecule has 2 aromatic heterocycles. The summed E-state index contributed by atoms with van der Waals surface area (Å²) in [5.74, 6) is 1.09. The number of aromatic nitrogens is 3. The minimum absolute atomic E-state index is 0.0193. The van der Waals surface area contributed by atoms with Crippen molar-refractivity contribution < 1.29 is 14.0 Å². The lowest BCUT2D eigenvalue weighted by Gasteiger charge is -2.10. The highest BCUT2D eigenvalue weighted by Gasteiger charge is 2.20. The number of rotatable bonds is 7. The lowest BCUT2D eigenvalue weighted by Crippen LogP contribution is -2.14. The number of para-hydroxylation sites is 1. The van der Waals surface area contributed by atoms with Gasteiger partial charge in [-0.1, -0.05) is 47.7 Å². The molecule has 174 valence electrons. The molecule has 0 atom stereocenters. The summed E-state index contributed by atoms with van der Waals surface area (Å²) in [6, 6.07) is 24.6. The highest BCUT2D eigenvalue weighted by molar-refractivity contribution is 7.99. The van der Waals surface area contributed by atoms with E-state index in [9.17, 15) is 9.59 Å². The van der Waals surface area contributed by atoms with Gasteiger partial charge >= 0.3 is 0 Å². The molecule has 1 N–H and O–H groups in total. The minimum Gasteiger partial charge on any atom is -0.453 e. The number of fused-ring (bicyclic) bond motifs is 1. The van der Waals surface area contributed by atoms with Crippen LogP contribution < -0.4 is 5.32 Å². The Hall–Kier alpha value is -4.17. The van der Waals surface area contributed by atoms with Gasteiger partial charge < -0.3 is 9.73 Å². The molecule has 2 heterocycles. The maximum atomic E-state index is 12.6. The molecule has 5 aromatic rings. The number of hydrogen-bond acceptors (Lipinski definition) is 6. The van der Waals surface area contributed by atoms with E-state index in [2.05, 4.69) is 15.5 Å². The Bertz CT molecular complexity index is 1490. The zero-order chi connectivity index (χ0) is 24.4. The third-order valence-corrected chi connectivity index (χ3v) is 6.41. The number of thioether (sulfide) groups is 1. The van der Waals surface area contributed by atoms with Crippen LogP contribution in [0.1, 0.15) is 22.8 Å². The predicted octanol–water partition coefficient (Wildman–Crippen LogP) is 5.92. The molecular formula is C27H22N4O3S. The Morgan fingerprint density at radius 1 is 0.971 bits per heavy atom. The average Bonchev–Trinajstić information content (AvgIpc) is 3.48. The van der Waals surface area contributed by atoms with Crippen molar-refractivity contribution in [3.8, 4) is 17.3 Å². The van der Waals surface area contributed by atoms with Gasteiger partial charge in [-0.25, -0.2) is 0 Å². The van der Waals surface area contributed by atoms with E-state index in [1.807, 2.05) is 66.1 Å². The molecule has 0 saturated heterocycles. The Kier molecular flexibility index (Phi) is 6.20. The van der Waals surface area contributed by atoms with Gasteiger partial charge in [-0.2, -0.15) is 0 Å². The van der Waals surface area contributed by atoms with Crippen molar-refractivity contribution in [2.24, 2.45) is 0 Å². The first kappa shape index (κ1) is 22.6. The van der Waals surface area contributed by atoms with Crippen molar-refractivity contribution in [2.75, 3.05) is 11.1 Å². The van der Waals surface area contributed by atoms with Crippen LogP contribution in [0, 0.1) is 6.92 Å². The number of ketones is 1. The number of nitrogens with one attached hydrogen (secondary N) is 1. The molecular weight excluding hydrogens is 460 g/mol. The van der Waals surface area contributed by atoms with Crippen molar-refractivity contribution in [1.29, 1.82) is 0 Å². The topological polar surface area (TPSA) is 90.0 Å². The molecule has 5 rings (SSSR count). The monoisotopic (exact) mass is 482 g/mol. The fourth-order valence-corrected chi connectivity index (χ4v) is 4.41. The molecule has 0 aliphatic rings. The fourth-order valence-electron chi connectivity index (χ4n) is 3.66. The number of hydrogen-bond donors (Lipinski definition) is 1. The normalized spacial score (nSPS) is 11.0. The lowest BCUT2D eigenvalue weighted by molar-refractivity contribution is -0.113. The second-order valence-electron chi connectivity index (χ2n) is 8.10. The molecule has 7 nitrogen and oxygen atoms in total. The predicted molar refractivity (Wildman–Crippen MR) is 137 cm³/mol. The van der Waals surface area contributed by atoms with Crippen LogP contribution in [-0.2, 0) is 4.79 Å². The van der Waals surface area contributed by atoms with Crippen molar-refractivity contribution in [3.63, 3.8) is 0 Å². The van der Waals surface area contributed by atoms with Crippen LogP contribution >= 0.6 is 11.8 Å². The van der Waals surface area contributed by atoms with Gasteiger partial charge in [-0.05, 0) is 62.4 Å². The van der Waals surface area contributed by atoms with Gasteiger partial charge in [0.05, 0.1) is 5.75 Å². The maximum absolute atomic E-state index is 12.6. The third kappa shape index (κ3) is 4.88. The molecule has 0 aliphatic heterocycles. The molecule has 0 saturated carbocycles. The SMILES string of the molecule is CC(=O)c1ccc(NC(=O)CSc2nnc(-c3cc4ccccc4o3)n2-c2ccc(C)cc2)cc1. The van der Waals surface area contributed by atoms with E-state index in [1.54, 1.807) is 24.3 Å². The highest BCUT2D eigenvalue weighted by Crippen LogP contribution is 2.31. The first-order valence-corrected chi connectivity index (χ1v) is 12.0. The summed E-state index contributed by atoms with van der Waals surface area (Å²) >= 11 is 1.29. The van der Waals surface area contributed by atoms with Crippen LogP contribution in [0.3, 0.4) is 0 Å². The second kappa shape index (κ2) is 9.60. The van der Waals surface area contributed by atoms with Crippen LogP contribution in [0.2, 0.25) is 0 Å². The van der Waals surface area contributed by atoms with Crippen molar-refractivity contribution >= 4 is 40.1 Å². The molecule has 0 bridgehead atoms.